The number of aldehydes is 1. The second-order valence-electron chi connectivity index (χ2n) is 2.86. The van der Waals surface area contributed by atoms with Crippen LogP contribution in [0.1, 0.15) is 34.1 Å². The van der Waals surface area contributed by atoms with Gasteiger partial charge in [0.15, 0.2) is 0 Å². The maximum atomic E-state index is 10.6. The van der Waals surface area contributed by atoms with Gasteiger partial charge in [0.2, 0.25) is 0 Å². The molecule has 0 radical (unpaired) electrons. The van der Waals surface area contributed by atoms with E-state index in [9.17, 15) is 9.59 Å². The number of carbonyl (C=O) groups excluding carboxylic acids is 2. The molecule has 0 aliphatic heterocycles. The molecule has 0 fully saturated rings. The molecule has 0 amide bonds. The summed E-state index contributed by atoms with van der Waals surface area (Å²) in [6.45, 7) is 7.38. The Morgan fingerprint density at radius 2 is 1.83 bits per heavy atom. The zero-order chi connectivity index (χ0) is 10.2. The number of rotatable bonds is 3. The highest BCUT2D eigenvalue weighted by atomic mass is 16.5. The van der Waals surface area contributed by atoms with Gasteiger partial charge >= 0.3 is 5.97 Å². The second kappa shape index (κ2) is 6.83. The average molecular weight is 174 g/mol. The number of ether oxygens (including phenoxy) is 1. The summed E-state index contributed by atoms with van der Waals surface area (Å²) in [6, 6.07) is 0. The highest BCUT2D eigenvalue weighted by molar-refractivity contribution is 5.75. The first-order valence-corrected chi connectivity index (χ1v) is 4.05. The zero-order valence-corrected chi connectivity index (χ0v) is 8.51. The van der Waals surface area contributed by atoms with Crippen LogP contribution in [-0.2, 0) is 14.3 Å². The Labute approximate surface area is 74.1 Å². The van der Waals surface area contributed by atoms with Crippen molar-refractivity contribution in [1.82, 2.24) is 0 Å². The van der Waals surface area contributed by atoms with Crippen LogP contribution in [0.5, 0.6) is 0 Å². The standard InChI is InChI=1S/C7H12O3.C2H6/c1-7(2,5-8)4-6(9)10-3;1-2/h5H,4H2,1-3H3;1-2H3. The van der Waals surface area contributed by atoms with Crippen LogP contribution in [0.15, 0.2) is 0 Å². The lowest BCUT2D eigenvalue weighted by Crippen LogP contribution is -2.19. The van der Waals surface area contributed by atoms with Gasteiger partial charge in [0.1, 0.15) is 6.29 Å². The smallest absolute Gasteiger partial charge is 0.306 e. The van der Waals surface area contributed by atoms with Crippen LogP contribution in [-0.4, -0.2) is 19.4 Å². The van der Waals surface area contributed by atoms with Gasteiger partial charge in [0.25, 0.3) is 0 Å². The molecule has 3 nitrogen and oxygen atoms in total. The Bertz CT molecular complexity index is 139. The second-order valence-corrected chi connectivity index (χ2v) is 2.86. The van der Waals surface area contributed by atoms with E-state index >= 15 is 0 Å². The van der Waals surface area contributed by atoms with Gasteiger partial charge in [-0.1, -0.05) is 27.7 Å². The normalized spacial score (nSPS) is 9.42. The third-order valence-corrected chi connectivity index (χ3v) is 1.15. The molecule has 0 rings (SSSR count). The zero-order valence-electron chi connectivity index (χ0n) is 8.51. The van der Waals surface area contributed by atoms with E-state index in [1.54, 1.807) is 13.8 Å². The van der Waals surface area contributed by atoms with Gasteiger partial charge in [-0.15, -0.1) is 0 Å². The van der Waals surface area contributed by atoms with Gasteiger partial charge in [-0.05, 0) is 0 Å². The first-order chi connectivity index (χ1) is 5.52. The third kappa shape index (κ3) is 7.25. The fourth-order valence-electron chi connectivity index (χ4n) is 0.486. The molecule has 0 heterocycles. The molecule has 0 unspecified atom stereocenters. The summed E-state index contributed by atoms with van der Waals surface area (Å²) in [7, 11) is 1.31. The van der Waals surface area contributed by atoms with Crippen LogP contribution >= 0.6 is 0 Å². The van der Waals surface area contributed by atoms with Crippen molar-refractivity contribution in [2.45, 2.75) is 34.1 Å². The average Bonchev–Trinajstić information content (AvgIpc) is 2.07. The topological polar surface area (TPSA) is 43.4 Å². The molecule has 0 bridgehead atoms. The van der Waals surface area contributed by atoms with Crippen molar-refractivity contribution in [2.24, 2.45) is 5.41 Å². The molecule has 0 aliphatic rings. The van der Waals surface area contributed by atoms with E-state index in [-0.39, 0.29) is 12.4 Å². The fourth-order valence-corrected chi connectivity index (χ4v) is 0.486. The van der Waals surface area contributed by atoms with Crippen LogP contribution in [0.3, 0.4) is 0 Å². The Kier molecular flexibility index (Phi) is 7.80. The molecule has 0 atom stereocenters. The molecule has 0 spiro atoms. The quantitative estimate of drug-likeness (QED) is 0.484. The Morgan fingerprint density at radius 3 is 2.08 bits per heavy atom. The van der Waals surface area contributed by atoms with Gasteiger partial charge in [0.05, 0.1) is 13.5 Å². The maximum absolute atomic E-state index is 10.6. The van der Waals surface area contributed by atoms with Gasteiger partial charge in [-0.25, -0.2) is 0 Å². The van der Waals surface area contributed by atoms with Crippen molar-refractivity contribution in [1.29, 1.82) is 0 Å². The first-order valence-electron chi connectivity index (χ1n) is 4.05. The molecular formula is C9H18O3. The number of hydrogen-bond acceptors (Lipinski definition) is 3. The molecule has 0 aromatic rings. The predicted molar refractivity (Wildman–Crippen MR) is 47.8 cm³/mol. The lowest BCUT2D eigenvalue weighted by atomic mass is 9.92. The van der Waals surface area contributed by atoms with Crippen molar-refractivity contribution < 1.29 is 14.3 Å². The molecule has 3 heteroatoms. The number of hydrogen-bond donors (Lipinski definition) is 0. The van der Waals surface area contributed by atoms with Gasteiger partial charge in [-0.3, -0.25) is 4.79 Å². The van der Waals surface area contributed by atoms with Crippen molar-refractivity contribution in [3.8, 4) is 0 Å². The summed E-state index contributed by atoms with van der Waals surface area (Å²) in [5.41, 5.74) is -0.590. The van der Waals surface area contributed by atoms with Crippen molar-refractivity contribution in [3.05, 3.63) is 0 Å². The van der Waals surface area contributed by atoms with E-state index in [0.29, 0.717) is 0 Å². The Balaban J connectivity index is 0. The first kappa shape index (κ1) is 13.7. The molecule has 0 saturated heterocycles. The van der Waals surface area contributed by atoms with E-state index < -0.39 is 5.41 Å². The van der Waals surface area contributed by atoms with Gasteiger partial charge in [0, 0.05) is 5.41 Å². The Morgan fingerprint density at radius 1 is 1.42 bits per heavy atom. The van der Waals surface area contributed by atoms with E-state index in [2.05, 4.69) is 4.74 Å². The largest absolute Gasteiger partial charge is 0.469 e. The monoisotopic (exact) mass is 174 g/mol. The van der Waals surface area contributed by atoms with Crippen LogP contribution in [0.2, 0.25) is 0 Å². The minimum Gasteiger partial charge on any atom is -0.469 e. The fraction of sp³-hybridized carbons (Fsp3) is 0.778. The summed E-state index contributed by atoms with van der Waals surface area (Å²) in [4.78, 5) is 20.9. The van der Waals surface area contributed by atoms with Crippen LogP contribution in [0.25, 0.3) is 0 Å². The summed E-state index contributed by atoms with van der Waals surface area (Å²) < 4.78 is 4.39. The summed E-state index contributed by atoms with van der Waals surface area (Å²) in [5.74, 6) is -0.350. The van der Waals surface area contributed by atoms with E-state index in [1.807, 2.05) is 13.8 Å². The molecule has 0 aromatic carbocycles. The van der Waals surface area contributed by atoms with Crippen molar-refractivity contribution in [3.63, 3.8) is 0 Å². The van der Waals surface area contributed by atoms with E-state index in [0.717, 1.165) is 6.29 Å². The minimum atomic E-state index is -0.590. The molecule has 0 aromatic heterocycles. The molecule has 0 N–H and O–H groups in total. The lowest BCUT2D eigenvalue weighted by Gasteiger charge is -2.13. The highest BCUT2D eigenvalue weighted by Crippen LogP contribution is 2.16. The number of carbonyl (C=O) groups is 2. The van der Waals surface area contributed by atoms with Gasteiger partial charge < -0.3 is 9.53 Å². The maximum Gasteiger partial charge on any atom is 0.306 e. The number of methoxy groups -OCH3 is 1. The van der Waals surface area contributed by atoms with Gasteiger partial charge in [-0.2, -0.15) is 0 Å². The molecule has 0 saturated carbocycles. The van der Waals surface area contributed by atoms with Crippen LogP contribution in [0, 0.1) is 5.41 Å². The molecule has 12 heavy (non-hydrogen) atoms. The number of esters is 1. The van der Waals surface area contributed by atoms with Crippen molar-refractivity contribution >= 4 is 12.3 Å². The highest BCUT2D eigenvalue weighted by Gasteiger charge is 2.21. The van der Waals surface area contributed by atoms with E-state index in [4.69, 9.17) is 0 Å². The minimum absolute atomic E-state index is 0.146. The lowest BCUT2D eigenvalue weighted by molar-refractivity contribution is -0.144. The molecule has 72 valence electrons. The molecule has 0 aliphatic carbocycles. The van der Waals surface area contributed by atoms with Crippen molar-refractivity contribution in [2.75, 3.05) is 7.11 Å². The summed E-state index contributed by atoms with van der Waals surface area (Å²) in [6.07, 6.45) is 0.900. The summed E-state index contributed by atoms with van der Waals surface area (Å²) >= 11 is 0. The van der Waals surface area contributed by atoms with Crippen LogP contribution in [0.4, 0.5) is 0 Å². The van der Waals surface area contributed by atoms with Crippen LogP contribution < -0.4 is 0 Å². The SMILES string of the molecule is CC.COC(=O)CC(C)(C)C=O. The van der Waals surface area contributed by atoms with E-state index in [1.165, 1.54) is 7.11 Å². The summed E-state index contributed by atoms with van der Waals surface area (Å²) in [5, 5.41) is 0. The predicted octanol–water partition coefficient (Wildman–Crippen LogP) is 1.80. The third-order valence-electron chi connectivity index (χ3n) is 1.15. The Hall–Kier alpha value is -0.860. The molecular weight excluding hydrogens is 156 g/mol.